The van der Waals surface area contributed by atoms with Gasteiger partial charge in [0.1, 0.15) is 6.29 Å². The molecule has 0 unspecified atom stereocenters. The van der Waals surface area contributed by atoms with Gasteiger partial charge in [-0.15, -0.1) is 0 Å². The number of hydrogen-bond donors (Lipinski definition) is 1. The molecule has 1 atom stereocenters. The molecule has 0 amide bonds. The molecule has 0 saturated heterocycles. The molecular formula is C4H9NO. The molecule has 36 valence electrons. The van der Waals surface area contributed by atoms with E-state index in [9.17, 15) is 4.79 Å². The summed E-state index contributed by atoms with van der Waals surface area (Å²) in [6.07, 6.45) is 1.30. The monoisotopic (exact) mass is 87.1 g/mol. The Morgan fingerprint density at radius 3 is 2.50 bits per heavy atom. The minimum absolute atomic E-state index is 0.0301. The van der Waals surface area contributed by atoms with E-state index in [1.807, 2.05) is 0 Å². The van der Waals surface area contributed by atoms with E-state index in [-0.39, 0.29) is 6.04 Å². The van der Waals surface area contributed by atoms with E-state index in [0.29, 0.717) is 6.42 Å². The van der Waals surface area contributed by atoms with Crippen LogP contribution < -0.4 is 5.73 Å². The fourth-order valence-electron chi connectivity index (χ4n) is 0.152. The smallest absolute Gasteiger partial charge is 0.121 e. The molecule has 0 spiro atoms. The maximum atomic E-state index is 9.54. The van der Waals surface area contributed by atoms with Gasteiger partial charge in [0.05, 0.1) is 0 Å². The highest BCUT2D eigenvalue weighted by molar-refractivity contribution is 5.50. The van der Waals surface area contributed by atoms with Crippen molar-refractivity contribution < 1.29 is 4.79 Å². The van der Waals surface area contributed by atoms with Crippen LogP contribution in [0.25, 0.3) is 0 Å². The van der Waals surface area contributed by atoms with E-state index in [0.717, 1.165) is 6.29 Å². The summed E-state index contributed by atoms with van der Waals surface area (Å²) < 4.78 is 0. The van der Waals surface area contributed by atoms with Gasteiger partial charge < -0.3 is 10.5 Å². The van der Waals surface area contributed by atoms with Gasteiger partial charge in [0.15, 0.2) is 0 Å². The van der Waals surface area contributed by atoms with Crippen LogP contribution in [0, 0.1) is 0 Å². The Kier molecular flexibility index (Phi) is 2.67. The Morgan fingerprint density at radius 2 is 2.50 bits per heavy atom. The molecule has 0 aliphatic rings. The largest absolute Gasteiger partial charge is 0.328 e. The van der Waals surface area contributed by atoms with Crippen molar-refractivity contribution in [2.45, 2.75) is 19.4 Å². The van der Waals surface area contributed by atoms with E-state index >= 15 is 0 Å². The zero-order chi connectivity index (χ0) is 4.99. The van der Waals surface area contributed by atoms with E-state index in [4.69, 9.17) is 5.73 Å². The van der Waals surface area contributed by atoms with Crippen LogP contribution in [0.3, 0.4) is 0 Å². The van der Waals surface area contributed by atoms with Gasteiger partial charge in [0.2, 0.25) is 0 Å². The van der Waals surface area contributed by atoms with Gasteiger partial charge in [-0.2, -0.15) is 0 Å². The van der Waals surface area contributed by atoms with Crippen molar-refractivity contribution in [1.29, 1.82) is 0 Å². The Balaban J connectivity index is 2.81. The molecule has 0 aromatic heterocycles. The average molecular weight is 87.1 g/mol. The lowest BCUT2D eigenvalue weighted by molar-refractivity contribution is -0.108. The lowest BCUT2D eigenvalue weighted by Gasteiger charge is -1.91. The summed E-state index contributed by atoms with van der Waals surface area (Å²) >= 11 is 0. The van der Waals surface area contributed by atoms with Gasteiger partial charge in [-0.1, -0.05) is 0 Å². The van der Waals surface area contributed by atoms with Gasteiger partial charge in [-0.3, -0.25) is 0 Å². The molecule has 0 bridgehead atoms. The molecule has 0 aromatic carbocycles. The van der Waals surface area contributed by atoms with Crippen molar-refractivity contribution in [3.8, 4) is 0 Å². The first-order chi connectivity index (χ1) is 2.77. The quantitative estimate of drug-likeness (QED) is 0.479. The topological polar surface area (TPSA) is 43.1 Å². The molecule has 0 fully saturated rings. The Hall–Kier alpha value is -0.370. The number of carbonyl (C=O) groups excluding carboxylic acids is 1. The summed E-state index contributed by atoms with van der Waals surface area (Å²) in [5.41, 5.74) is 5.17. The van der Waals surface area contributed by atoms with Crippen LogP contribution >= 0.6 is 0 Å². The molecule has 2 heteroatoms. The van der Waals surface area contributed by atoms with Gasteiger partial charge in [-0.25, -0.2) is 0 Å². The molecule has 0 radical (unpaired) electrons. The molecule has 0 heterocycles. The zero-order valence-electron chi connectivity index (χ0n) is 3.85. The van der Waals surface area contributed by atoms with Crippen LogP contribution in [0.4, 0.5) is 0 Å². The van der Waals surface area contributed by atoms with Crippen molar-refractivity contribution in [3.63, 3.8) is 0 Å². The van der Waals surface area contributed by atoms with Crippen LogP contribution in [-0.4, -0.2) is 12.3 Å². The maximum absolute atomic E-state index is 9.54. The minimum atomic E-state index is 0.0301. The number of nitrogens with two attached hydrogens (primary N) is 1. The first-order valence-electron chi connectivity index (χ1n) is 1.96. The first-order valence-corrected chi connectivity index (χ1v) is 1.96. The molecule has 0 aliphatic heterocycles. The third-order valence-corrected chi connectivity index (χ3v) is 0.468. The summed E-state index contributed by atoms with van der Waals surface area (Å²) in [5, 5.41) is 0. The summed E-state index contributed by atoms with van der Waals surface area (Å²) in [4.78, 5) is 9.54. The van der Waals surface area contributed by atoms with E-state index < -0.39 is 0 Å². The molecule has 0 aromatic rings. The van der Waals surface area contributed by atoms with Crippen LogP contribution in [0.2, 0.25) is 0 Å². The normalized spacial score (nSPS) is 13.7. The Bertz CT molecular complexity index is 42.8. The Labute approximate surface area is 37.3 Å². The van der Waals surface area contributed by atoms with Crippen molar-refractivity contribution in [1.82, 2.24) is 0 Å². The predicted molar refractivity (Wildman–Crippen MR) is 24.3 cm³/mol. The fraction of sp³-hybridized carbons (Fsp3) is 0.750. The number of rotatable bonds is 2. The molecular weight excluding hydrogens is 78.0 g/mol. The van der Waals surface area contributed by atoms with Crippen molar-refractivity contribution >= 4 is 6.29 Å². The molecule has 6 heavy (non-hydrogen) atoms. The van der Waals surface area contributed by atoms with Gasteiger partial charge in [0, 0.05) is 12.5 Å². The second-order valence-electron chi connectivity index (χ2n) is 1.38. The first kappa shape index (κ1) is 5.63. The third-order valence-electron chi connectivity index (χ3n) is 0.468. The number of carbonyl (C=O) groups is 1. The zero-order valence-corrected chi connectivity index (χ0v) is 3.85. The fourth-order valence-corrected chi connectivity index (χ4v) is 0.152. The second kappa shape index (κ2) is 2.85. The number of aldehydes is 1. The lowest BCUT2D eigenvalue weighted by atomic mass is 10.3. The molecule has 2 nitrogen and oxygen atoms in total. The van der Waals surface area contributed by atoms with Gasteiger partial charge in [0.25, 0.3) is 0 Å². The second-order valence-corrected chi connectivity index (χ2v) is 1.38. The van der Waals surface area contributed by atoms with E-state index in [1.54, 1.807) is 6.92 Å². The highest BCUT2D eigenvalue weighted by Crippen LogP contribution is 1.75. The Morgan fingerprint density at radius 1 is 2.00 bits per heavy atom. The van der Waals surface area contributed by atoms with Crippen LogP contribution in [0.1, 0.15) is 13.3 Å². The highest BCUT2D eigenvalue weighted by Gasteiger charge is 1.85. The SMILES string of the molecule is C[C@@H](N)CC=O. The highest BCUT2D eigenvalue weighted by atomic mass is 16.1. The van der Waals surface area contributed by atoms with Crippen molar-refractivity contribution in [2.24, 2.45) is 5.73 Å². The molecule has 2 N–H and O–H groups in total. The van der Waals surface area contributed by atoms with Gasteiger partial charge in [-0.05, 0) is 6.92 Å². The van der Waals surface area contributed by atoms with Crippen molar-refractivity contribution in [2.75, 3.05) is 0 Å². The van der Waals surface area contributed by atoms with E-state index in [1.165, 1.54) is 0 Å². The molecule has 0 saturated carbocycles. The maximum Gasteiger partial charge on any atom is 0.121 e. The van der Waals surface area contributed by atoms with Gasteiger partial charge >= 0.3 is 0 Å². The standard InChI is InChI=1S/C4H9NO/c1-4(5)2-3-6/h3-4H,2,5H2,1H3/t4-/m1/s1. The molecule has 0 rings (SSSR count). The van der Waals surface area contributed by atoms with Crippen LogP contribution in [0.5, 0.6) is 0 Å². The predicted octanol–water partition coefficient (Wildman–Crippen LogP) is -0.0774. The van der Waals surface area contributed by atoms with E-state index in [2.05, 4.69) is 0 Å². The van der Waals surface area contributed by atoms with Crippen molar-refractivity contribution in [3.05, 3.63) is 0 Å². The third kappa shape index (κ3) is 3.63. The van der Waals surface area contributed by atoms with Crippen LogP contribution in [0.15, 0.2) is 0 Å². The number of hydrogen-bond acceptors (Lipinski definition) is 2. The average Bonchev–Trinajstić information content (AvgIpc) is 1.35. The summed E-state index contributed by atoms with van der Waals surface area (Å²) in [7, 11) is 0. The molecule has 0 aliphatic carbocycles. The van der Waals surface area contributed by atoms with Crippen LogP contribution in [-0.2, 0) is 4.79 Å². The lowest BCUT2D eigenvalue weighted by Crippen LogP contribution is -2.14. The minimum Gasteiger partial charge on any atom is -0.328 e. The summed E-state index contributed by atoms with van der Waals surface area (Å²) in [5.74, 6) is 0. The summed E-state index contributed by atoms with van der Waals surface area (Å²) in [6.45, 7) is 1.80. The summed E-state index contributed by atoms with van der Waals surface area (Å²) in [6, 6.07) is 0.0301.